The van der Waals surface area contributed by atoms with Crippen molar-refractivity contribution in [3.63, 3.8) is 0 Å². The van der Waals surface area contributed by atoms with Gasteiger partial charge in [-0.05, 0) is 43.7 Å². The van der Waals surface area contributed by atoms with Gasteiger partial charge in [-0.1, -0.05) is 23.7 Å². The molecule has 1 aromatic heterocycles. The smallest absolute Gasteiger partial charge is 0.294 e. The molecular formula is C26H28ClFN4O3. The molecule has 1 aliphatic heterocycles. The van der Waals surface area contributed by atoms with Gasteiger partial charge in [0.1, 0.15) is 5.82 Å². The Balaban J connectivity index is 1.57. The van der Waals surface area contributed by atoms with Crippen molar-refractivity contribution in [1.29, 1.82) is 0 Å². The van der Waals surface area contributed by atoms with Crippen LogP contribution in [-0.2, 0) is 11.3 Å². The fraction of sp³-hybridized carbons (Fsp3) is 0.346. The zero-order chi connectivity index (χ0) is 25.4. The third kappa shape index (κ3) is 4.94. The predicted octanol–water partition coefficient (Wildman–Crippen LogP) is 3.97. The number of hydrogen-bond acceptors (Lipinski definition) is 4. The van der Waals surface area contributed by atoms with E-state index in [1.807, 2.05) is 6.92 Å². The van der Waals surface area contributed by atoms with Gasteiger partial charge >= 0.3 is 0 Å². The van der Waals surface area contributed by atoms with Crippen molar-refractivity contribution in [1.82, 2.24) is 19.7 Å². The minimum atomic E-state index is -0.654. The van der Waals surface area contributed by atoms with E-state index in [2.05, 4.69) is 16.8 Å². The summed E-state index contributed by atoms with van der Waals surface area (Å²) in [6.07, 6.45) is 1.47. The van der Waals surface area contributed by atoms with E-state index >= 15 is 0 Å². The molecular weight excluding hydrogens is 471 g/mol. The number of rotatable bonds is 5. The van der Waals surface area contributed by atoms with E-state index in [0.29, 0.717) is 30.5 Å². The van der Waals surface area contributed by atoms with E-state index in [0.717, 1.165) is 5.56 Å². The zero-order valence-corrected chi connectivity index (χ0v) is 20.9. The summed E-state index contributed by atoms with van der Waals surface area (Å²) in [5.41, 5.74) is 2.08. The van der Waals surface area contributed by atoms with Crippen molar-refractivity contribution in [2.45, 2.75) is 32.5 Å². The van der Waals surface area contributed by atoms with Crippen LogP contribution < -0.4 is 0 Å². The Morgan fingerprint density at radius 2 is 1.74 bits per heavy atom. The van der Waals surface area contributed by atoms with Crippen LogP contribution in [0.2, 0.25) is 5.02 Å². The zero-order valence-electron chi connectivity index (χ0n) is 20.1. The van der Waals surface area contributed by atoms with Crippen molar-refractivity contribution >= 4 is 40.1 Å². The maximum absolute atomic E-state index is 13.6. The first-order valence-corrected chi connectivity index (χ1v) is 11.8. The molecule has 1 N–H and O–H groups in total. The number of piperazine rings is 1. The lowest BCUT2D eigenvalue weighted by Gasteiger charge is -2.44. The number of likely N-dealkylation sites (N-methyl/N-ethyl adjacent to an activating group) is 1. The Hall–Kier alpha value is -3.23. The van der Waals surface area contributed by atoms with E-state index in [4.69, 9.17) is 11.6 Å². The molecule has 0 spiro atoms. The molecule has 2 heterocycles. The Morgan fingerprint density at radius 3 is 2.40 bits per heavy atom. The van der Waals surface area contributed by atoms with Gasteiger partial charge in [-0.2, -0.15) is 0 Å². The van der Waals surface area contributed by atoms with Gasteiger partial charge in [0, 0.05) is 62.9 Å². The first-order chi connectivity index (χ1) is 16.6. The monoisotopic (exact) mass is 498 g/mol. The van der Waals surface area contributed by atoms with Crippen LogP contribution in [0.5, 0.6) is 0 Å². The van der Waals surface area contributed by atoms with Gasteiger partial charge in [-0.3, -0.25) is 19.3 Å². The molecule has 0 saturated carbocycles. The van der Waals surface area contributed by atoms with Crippen LogP contribution in [0.4, 0.5) is 4.39 Å². The summed E-state index contributed by atoms with van der Waals surface area (Å²) in [5, 5.41) is 0.754. The molecule has 4 rings (SSSR count). The third-order valence-corrected chi connectivity index (χ3v) is 6.83. The third-order valence-electron chi connectivity index (χ3n) is 6.52. The standard InChI is InChI=1S/C26H28ClFN4O3/c1-15-13-32(16(2)12-31(15)14-17-5-7-18(28)8-6-17)25(34)20-9-19-21(24(33)26(35)30(3)4)11-29-23(19)10-22(20)27/h5-11,15-16,29H,12-14H2,1-4H3/t15-,16+/m0/s1. The molecule has 7 nitrogen and oxygen atoms in total. The number of benzene rings is 2. The molecule has 184 valence electrons. The van der Waals surface area contributed by atoms with Crippen LogP contribution in [0.1, 0.15) is 40.1 Å². The lowest BCUT2D eigenvalue weighted by Crippen LogP contribution is -2.57. The molecule has 1 aliphatic rings. The topological polar surface area (TPSA) is 76.7 Å². The number of H-pyrrole nitrogens is 1. The number of amides is 2. The highest BCUT2D eigenvalue weighted by atomic mass is 35.5. The average molecular weight is 499 g/mol. The second-order valence-corrected chi connectivity index (χ2v) is 9.73. The molecule has 2 aromatic carbocycles. The molecule has 0 unspecified atom stereocenters. The first-order valence-electron chi connectivity index (χ1n) is 11.4. The van der Waals surface area contributed by atoms with Crippen molar-refractivity contribution in [2.24, 2.45) is 0 Å². The van der Waals surface area contributed by atoms with E-state index in [9.17, 15) is 18.8 Å². The fourth-order valence-electron chi connectivity index (χ4n) is 4.49. The fourth-order valence-corrected chi connectivity index (χ4v) is 4.74. The van der Waals surface area contributed by atoms with Gasteiger partial charge in [0.05, 0.1) is 16.1 Å². The number of Topliss-reactive ketones (excluding diaryl/α,β-unsaturated/α-hetero) is 1. The summed E-state index contributed by atoms with van der Waals surface area (Å²) in [6.45, 7) is 5.84. The van der Waals surface area contributed by atoms with Crippen LogP contribution in [0.3, 0.4) is 0 Å². The maximum atomic E-state index is 13.6. The van der Waals surface area contributed by atoms with Crippen molar-refractivity contribution in [3.8, 4) is 0 Å². The second kappa shape index (κ2) is 9.79. The quantitative estimate of drug-likeness (QED) is 0.426. The Kier molecular flexibility index (Phi) is 6.96. The number of fused-ring (bicyclic) bond motifs is 1. The van der Waals surface area contributed by atoms with E-state index in [-0.39, 0.29) is 40.0 Å². The maximum Gasteiger partial charge on any atom is 0.294 e. The second-order valence-electron chi connectivity index (χ2n) is 9.32. The molecule has 1 saturated heterocycles. The Labute approximate surface area is 208 Å². The first kappa shape index (κ1) is 24.9. The van der Waals surface area contributed by atoms with Gasteiger partial charge < -0.3 is 14.8 Å². The van der Waals surface area contributed by atoms with Crippen LogP contribution in [0, 0.1) is 5.82 Å². The largest absolute Gasteiger partial charge is 0.360 e. The van der Waals surface area contributed by atoms with Crippen LogP contribution in [-0.4, -0.2) is 76.5 Å². The summed E-state index contributed by atoms with van der Waals surface area (Å²) in [5.74, 6) is -1.79. The highest BCUT2D eigenvalue weighted by Gasteiger charge is 2.33. The molecule has 35 heavy (non-hydrogen) atoms. The van der Waals surface area contributed by atoms with Gasteiger partial charge in [-0.15, -0.1) is 0 Å². The van der Waals surface area contributed by atoms with E-state index in [1.54, 1.807) is 29.2 Å². The number of halogens is 2. The Morgan fingerprint density at radius 1 is 1.06 bits per heavy atom. The highest BCUT2D eigenvalue weighted by molar-refractivity contribution is 6.45. The number of ketones is 1. The van der Waals surface area contributed by atoms with Crippen molar-refractivity contribution in [3.05, 3.63) is 70.1 Å². The molecule has 2 amide bonds. The van der Waals surface area contributed by atoms with Gasteiger partial charge in [0.15, 0.2) is 0 Å². The predicted molar refractivity (Wildman–Crippen MR) is 133 cm³/mol. The van der Waals surface area contributed by atoms with Crippen molar-refractivity contribution in [2.75, 3.05) is 27.2 Å². The van der Waals surface area contributed by atoms with Crippen LogP contribution >= 0.6 is 11.6 Å². The van der Waals surface area contributed by atoms with E-state index in [1.165, 1.54) is 37.3 Å². The van der Waals surface area contributed by atoms with E-state index < -0.39 is 11.7 Å². The number of aromatic amines is 1. The lowest BCUT2D eigenvalue weighted by molar-refractivity contribution is -0.124. The Bertz CT molecular complexity index is 1290. The molecule has 1 fully saturated rings. The minimum Gasteiger partial charge on any atom is -0.360 e. The number of nitrogens with one attached hydrogen (secondary N) is 1. The SMILES string of the molecule is C[C@@H]1CN(Cc2ccc(F)cc2)[C@@H](C)CN1C(=O)c1cc2c(C(=O)C(=O)N(C)C)c[nH]c2cc1Cl. The number of carbonyl (C=O) groups is 3. The van der Waals surface area contributed by atoms with Crippen molar-refractivity contribution < 1.29 is 18.8 Å². The molecule has 2 atom stereocenters. The minimum absolute atomic E-state index is 0.0739. The van der Waals surface area contributed by atoms with Crippen LogP contribution in [0.25, 0.3) is 10.9 Å². The molecule has 0 radical (unpaired) electrons. The number of hydrogen-bond donors (Lipinski definition) is 1. The summed E-state index contributed by atoms with van der Waals surface area (Å²) < 4.78 is 13.3. The lowest BCUT2D eigenvalue weighted by atomic mass is 10.0. The summed E-state index contributed by atoms with van der Waals surface area (Å²) in [6, 6.07) is 9.64. The number of nitrogens with zero attached hydrogens (tertiary/aromatic N) is 3. The average Bonchev–Trinajstić information content (AvgIpc) is 3.23. The number of carbonyl (C=O) groups excluding carboxylic acids is 3. The normalized spacial score (nSPS) is 18.6. The molecule has 0 bridgehead atoms. The van der Waals surface area contributed by atoms with Crippen LogP contribution in [0.15, 0.2) is 42.6 Å². The summed E-state index contributed by atoms with van der Waals surface area (Å²) in [7, 11) is 3.03. The summed E-state index contributed by atoms with van der Waals surface area (Å²) in [4.78, 5) is 46.7. The van der Waals surface area contributed by atoms with Gasteiger partial charge in [-0.25, -0.2) is 4.39 Å². The van der Waals surface area contributed by atoms with Gasteiger partial charge in [0.25, 0.3) is 17.6 Å². The highest BCUT2D eigenvalue weighted by Crippen LogP contribution is 2.29. The summed E-state index contributed by atoms with van der Waals surface area (Å²) >= 11 is 6.48. The van der Waals surface area contributed by atoms with Gasteiger partial charge in [0.2, 0.25) is 0 Å². The molecule has 3 aromatic rings. The number of aromatic nitrogens is 1. The molecule has 0 aliphatic carbocycles. The molecule has 9 heteroatoms.